The van der Waals surface area contributed by atoms with Gasteiger partial charge in [0.1, 0.15) is 0 Å². The van der Waals surface area contributed by atoms with Gasteiger partial charge in [-0.15, -0.1) is 0 Å². The first-order chi connectivity index (χ1) is 8.16. The maximum Gasteiger partial charge on any atom is 0.422 e. The first-order valence-electron chi connectivity index (χ1n) is 5.79. The van der Waals surface area contributed by atoms with Gasteiger partial charge in [-0.25, -0.2) is 9.59 Å². The van der Waals surface area contributed by atoms with Crippen LogP contribution in [-0.2, 0) is 6.54 Å². The molecule has 0 radical (unpaired) electrons. The van der Waals surface area contributed by atoms with E-state index in [1.54, 1.807) is 22.8 Å². The fourth-order valence-electron chi connectivity index (χ4n) is 2.23. The summed E-state index contributed by atoms with van der Waals surface area (Å²) in [5.41, 5.74) is 0.124. The highest BCUT2D eigenvalue weighted by atomic mass is 16.4. The molecule has 4 nitrogen and oxygen atoms in total. The largest absolute Gasteiger partial charge is 0.422 e. The van der Waals surface area contributed by atoms with E-state index >= 15 is 0 Å². The number of aromatic nitrogens is 1. The van der Waals surface area contributed by atoms with Gasteiger partial charge in [0.2, 0.25) is 0 Å². The molecule has 2 unspecified atom stereocenters. The van der Waals surface area contributed by atoms with E-state index in [-0.39, 0.29) is 0 Å². The molecule has 1 aliphatic carbocycles. The highest BCUT2D eigenvalue weighted by molar-refractivity contribution is 5.77. The van der Waals surface area contributed by atoms with E-state index in [2.05, 4.69) is 6.92 Å². The maximum atomic E-state index is 11.7. The molecule has 1 aliphatic rings. The molecular weight excluding hydrogens is 218 g/mol. The molecule has 1 fully saturated rings. The molecule has 3 rings (SSSR count). The molecule has 1 aromatic carbocycles. The fraction of sp³-hybridized carbons (Fsp3) is 0.385. The van der Waals surface area contributed by atoms with Crippen LogP contribution in [-0.4, -0.2) is 4.57 Å². The Kier molecular flexibility index (Phi) is 2.18. The van der Waals surface area contributed by atoms with Gasteiger partial charge in [-0.1, -0.05) is 19.1 Å². The highest BCUT2D eigenvalue weighted by Crippen LogP contribution is 2.38. The summed E-state index contributed by atoms with van der Waals surface area (Å²) in [5, 5.41) is 0.473. The quantitative estimate of drug-likeness (QED) is 0.789. The Morgan fingerprint density at radius 2 is 2.06 bits per heavy atom. The fourth-order valence-corrected chi connectivity index (χ4v) is 2.23. The van der Waals surface area contributed by atoms with Gasteiger partial charge in [0.05, 0.1) is 10.9 Å². The number of benzene rings is 1. The summed E-state index contributed by atoms with van der Waals surface area (Å²) in [6.07, 6.45) is 1.14. The maximum absolute atomic E-state index is 11.7. The van der Waals surface area contributed by atoms with Crippen molar-refractivity contribution in [2.24, 2.45) is 11.8 Å². The van der Waals surface area contributed by atoms with Crippen molar-refractivity contribution in [3.63, 3.8) is 0 Å². The van der Waals surface area contributed by atoms with Gasteiger partial charge in [0, 0.05) is 6.54 Å². The van der Waals surface area contributed by atoms with Gasteiger partial charge >= 0.3 is 11.4 Å². The Labute approximate surface area is 97.5 Å². The zero-order chi connectivity index (χ0) is 12.0. The molecule has 1 saturated carbocycles. The van der Waals surface area contributed by atoms with Crippen LogP contribution >= 0.6 is 0 Å². The minimum absolute atomic E-state index is 0.473. The average molecular weight is 231 g/mol. The van der Waals surface area contributed by atoms with Crippen molar-refractivity contribution in [1.82, 2.24) is 4.57 Å². The number of para-hydroxylation sites is 1. The number of hydrogen-bond donors (Lipinski definition) is 0. The Bertz CT molecular complexity index is 683. The summed E-state index contributed by atoms with van der Waals surface area (Å²) in [6, 6.07) is 7.08. The predicted octanol–water partition coefficient (Wildman–Crippen LogP) is 1.61. The first-order valence-corrected chi connectivity index (χ1v) is 5.79. The third-order valence-corrected chi connectivity index (χ3v) is 3.51. The van der Waals surface area contributed by atoms with Crippen LogP contribution in [0.15, 0.2) is 38.3 Å². The summed E-state index contributed by atoms with van der Waals surface area (Å²) in [4.78, 5) is 23.3. The standard InChI is InChI=1S/C13H13NO3/c1-8-6-9(8)7-14-11-5-3-2-4-10(11)12(15)17-13(14)16/h2-5,8-9H,6-7H2,1H3. The second kappa shape index (κ2) is 3.58. The number of nitrogens with zero attached hydrogens (tertiary/aromatic N) is 1. The van der Waals surface area contributed by atoms with E-state index in [1.807, 2.05) is 6.07 Å². The van der Waals surface area contributed by atoms with Crippen LogP contribution < -0.4 is 11.4 Å². The van der Waals surface area contributed by atoms with Crippen LogP contribution in [0.2, 0.25) is 0 Å². The molecule has 0 amide bonds. The molecule has 2 aromatic rings. The lowest BCUT2D eigenvalue weighted by Gasteiger charge is -2.07. The summed E-state index contributed by atoms with van der Waals surface area (Å²) in [7, 11) is 0. The third kappa shape index (κ3) is 1.69. The number of rotatable bonds is 2. The average Bonchev–Trinajstić information content (AvgIpc) is 3.00. The molecule has 1 aromatic heterocycles. The molecule has 0 aliphatic heterocycles. The smallest absolute Gasteiger partial charge is 0.372 e. The third-order valence-electron chi connectivity index (χ3n) is 3.51. The molecule has 17 heavy (non-hydrogen) atoms. The van der Waals surface area contributed by atoms with Gasteiger partial charge < -0.3 is 4.42 Å². The Balaban J connectivity index is 2.22. The van der Waals surface area contributed by atoms with E-state index in [1.165, 1.54) is 0 Å². The zero-order valence-electron chi connectivity index (χ0n) is 9.55. The predicted molar refractivity (Wildman–Crippen MR) is 64.0 cm³/mol. The van der Waals surface area contributed by atoms with E-state index in [9.17, 15) is 9.59 Å². The van der Waals surface area contributed by atoms with Crippen LogP contribution in [0.25, 0.3) is 10.9 Å². The van der Waals surface area contributed by atoms with E-state index in [4.69, 9.17) is 4.42 Å². The van der Waals surface area contributed by atoms with Crippen molar-refractivity contribution in [3.8, 4) is 0 Å². The Morgan fingerprint density at radius 3 is 2.76 bits per heavy atom. The van der Waals surface area contributed by atoms with Crippen molar-refractivity contribution in [2.45, 2.75) is 19.9 Å². The van der Waals surface area contributed by atoms with Crippen LogP contribution in [0.5, 0.6) is 0 Å². The van der Waals surface area contributed by atoms with E-state index in [0.717, 1.165) is 6.42 Å². The van der Waals surface area contributed by atoms with Crippen molar-refractivity contribution < 1.29 is 4.42 Å². The van der Waals surface area contributed by atoms with Crippen molar-refractivity contribution >= 4 is 10.9 Å². The van der Waals surface area contributed by atoms with E-state index < -0.39 is 11.4 Å². The van der Waals surface area contributed by atoms with Gasteiger partial charge in [-0.05, 0) is 30.4 Å². The lowest BCUT2D eigenvalue weighted by Crippen LogP contribution is -2.25. The lowest BCUT2D eigenvalue weighted by molar-refractivity contribution is 0.405. The SMILES string of the molecule is CC1CC1Cn1c(=O)oc(=O)c2ccccc21. The molecule has 0 saturated heterocycles. The monoisotopic (exact) mass is 231 g/mol. The lowest BCUT2D eigenvalue weighted by atomic mass is 10.2. The molecular formula is C13H13NO3. The molecule has 2 atom stereocenters. The molecule has 0 bridgehead atoms. The van der Waals surface area contributed by atoms with Crippen LogP contribution in [0.1, 0.15) is 13.3 Å². The van der Waals surface area contributed by atoms with Gasteiger partial charge in [-0.3, -0.25) is 4.57 Å². The first kappa shape index (κ1) is 10.3. The minimum Gasteiger partial charge on any atom is -0.372 e. The molecule has 4 heteroatoms. The normalized spacial score (nSPS) is 22.9. The van der Waals surface area contributed by atoms with Gasteiger partial charge in [-0.2, -0.15) is 0 Å². The summed E-state index contributed by atoms with van der Waals surface area (Å²) in [5.74, 6) is 0.643. The second-order valence-corrected chi connectivity index (χ2v) is 4.76. The van der Waals surface area contributed by atoms with Crippen LogP contribution in [0, 0.1) is 11.8 Å². The molecule has 88 valence electrons. The van der Waals surface area contributed by atoms with Gasteiger partial charge in [0.25, 0.3) is 0 Å². The minimum atomic E-state index is -0.550. The van der Waals surface area contributed by atoms with E-state index in [0.29, 0.717) is 29.3 Å². The van der Waals surface area contributed by atoms with Crippen molar-refractivity contribution in [1.29, 1.82) is 0 Å². The summed E-state index contributed by atoms with van der Waals surface area (Å²) >= 11 is 0. The molecule has 0 spiro atoms. The summed E-state index contributed by atoms with van der Waals surface area (Å²) in [6.45, 7) is 2.81. The number of hydrogen-bond acceptors (Lipinski definition) is 3. The Morgan fingerprint density at radius 1 is 1.35 bits per heavy atom. The molecule has 0 N–H and O–H groups in total. The summed E-state index contributed by atoms with van der Waals surface area (Å²) < 4.78 is 6.31. The number of fused-ring (bicyclic) bond motifs is 1. The van der Waals surface area contributed by atoms with Crippen molar-refractivity contribution in [3.05, 3.63) is 45.2 Å². The Hall–Kier alpha value is -1.84. The topological polar surface area (TPSA) is 52.2 Å². The second-order valence-electron chi connectivity index (χ2n) is 4.76. The van der Waals surface area contributed by atoms with Gasteiger partial charge in [0.15, 0.2) is 0 Å². The van der Waals surface area contributed by atoms with Crippen LogP contribution in [0.3, 0.4) is 0 Å². The zero-order valence-corrected chi connectivity index (χ0v) is 9.55. The van der Waals surface area contributed by atoms with Crippen LogP contribution in [0.4, 0.5) is 0 Å². The van der Waals surface area contributed by atoms with Crippen molar-refractivity contribution in [2.75, 3.05) is 0 Å². The molecule has 1 heterocycles. The highest BCUT2D eigenvalue weighted by Gasteiger charge is 2.33.